The summed E-state index contributed by atoms with van der Waals surface area (Å²) in [5.41, 5.74) is 1.18. The van der Waals surface area contributed by atoms with Gasteiger partial charge in [-0.2, -0.15) is 0 Å². The lowest BCUT2D eigenvalue weighted by Crippen LogP contribution is -2.34. The maximum atomic E-state index is 9.98. The maximum Gasteiger partial charge on any atom is 0.133 e. The first-order valence-electron chi connectivity index (χ1n) is 7.93. The van der Waals surface area contributed by atoms with E-state index in [2.05, 4.69) is 21.2 Å². The Bertz CT molecular complexity index is 433. The summed E-state index contributed by atoms with van der Waals surface area (Å²) >= 11 is 3.48. The lowest BCUT2D eigenvalue weighted by atomic mass is 9.89. The molecule has 1 fully saturated rings. The van der Waals surface area contributed by atoms with E-state index in [1.165, 1.54) is 37.7 Å². The van der Waals surface area contributed by atoms with Gasteiger partial charge in [-0.3, -0.25) is 0 Å². The van der Waals surface area contributed by atoms with Gasteiger partial charge in [0, 0.05) is 6.54 Å². The van der Waals surface area contributed by atoms with Crippen LogP contribution in [0.1, 0.15) is 37.7 Å². The SMILES string of the molecule is Cc1ccc(OCC(O)CNCC2CCCCC2)c(Br)c1. The van der Waals surface area contributed by atoms with E-state index in [4.69, 9.17) is 4.74 Å². The molecule has 1 atom stereocenters. The molecule has 1 aliphatic carbocycles. The highest BCUT2D eigenvalue weighted by Gasteiger charge is 2.14. The zero-order valence-electron chi connectivity index (χ0n) is 12.8. The van der Waals surface area contributed by atoms with Crippen molar-refractivity contribution >= 4 is 15.9 Å². The fraction of sp³-hybridized carbons (Fsp3) is 0.647. The zero-order chi connectivity index (χ0) is 15.1. The van der Waals surface area contributed by atoms with Crippen LogP contribution in [0.5, 0.6) is 5.75 Å². The normalized spacial score (nSPS) is 17.7. The number of hydrogen-bond acceptors (Lipinski definition) is 3. The fourth-order valence-electron chi connectivity index (χ4n) is 2.81. The van der Waals surface area contributed by atoms with Crippen LogP contribution >= 0.6 is 15.9 Å². The number of hydrogen-bond donors (Lipinski definition) is 2. The molecule has 1 aromatic carbocycles. The van der Waals surface area contributed by atoms with Crippen molar-refractivity contribution in [2.75, 3.05) is 19.7 Å². The summed E-state index contributed by atoms with van der Waals surface area (Å²) < 4.78 is 6.59. The Morgan fingerprint density at radius 1 is 1.33 bits per heavy atom. The minimum atomic E-state index is -0.471. The molecule has 0 aliphatic heterocycles. The summed E-state index contributed by atoms with van der Waals surface area (Å²) in [4.78, 5) is 0. The number of nitrogens with one attached hydrogen (secondary N) is 1. The number of benzene rings is 1. The average Bonchev–Trinajstić information content (AvgIpc) is 2.47. The molecule has 0 saturated heterocycles. The predicted molar refractivity (Wildman–Crippen MR) is 89.8 cm³/mol. The van der Waals surface area contributed by atoms with Gasteiger partial charge in [-0.1, -0.05) is 25.3 Å². The predicted octanol–water partition coefficient (Wildman–Crippen LogP) is 3.67. The summed E-state index contributed by atoms with van der Waals surface area (Å²) in [6, 6.07) is 5.96. The van der Waals surface area contributed by atoms with Crippen LogP contribution in [0, 0.1) is 12.8 Å². The minimum absolute atomic E-state index is 0.319. The summed E-state index contributed by atoms with van der Waals surface area (Å²) in [6.07, 6.45) is 6.30. The number of aliphatic hydroxyl groups excluding tert-OH is 1. The van der Waals surface area contributed by atoms with Crippen molar-refractivity contribution in [1.82, 2.24) is 5.32 Å². The highest BCUT2D eigenvalue weighted by molar-refractivity contribution is 9.10. The van der Waals surface area contributed by atoms with E-state index < -0.39 is 6.10 Å². The molecule has 2 rings (SSSR count). The van der Waals surface area contributed by atoms with Crippen LogP contribution < -0.4 is 10.1 Å². The number of aliphatic hydroxyl groups is 1. The molecule has 0 heterocycles. The van der Waals surface area contributed by atoms with E-state index >= 15 is 0 Å². The second-order valence-corrected chi connectivity index (χ2v) is 6.92. The standard InChI is InChI=1S/C17H26BrNO2/c1-13-7-8-17(16(18)9-13)21-12-15(20)11-19-10-14-5-3-2-4-6-14/h7-9,14-15,19-20H,2-6,10-12H2,1H3. The second-order valence-electron chi connectivity index (χ2n) is 6.06. The molecule has 1 saturated carbocycles. The van der Waals surface area contributed by atoms with Crippen LogP contribution in [0.2, 0.25) is 0 Å². The minimum Gasteiger partial charge on any atom is -0.490 e. The second kappa shape index (κ2) is 8.76. The molecule has 118 valence electrons. The lowest BCUT2D eigenvalue weighted by molar-refractivity contribution is 0.104. The molecule has 21 heavy (non-hydrogen) atoms. The molecule has 0 spiro atoms. The number of rotatable bonds is 7. The van der Waals surface area contributed by atoms with Crippen LogP contribution in [0.3, 0.4) is 0 Å². The Morgan fingerprint density at radius 3 is 2.81 bits per heavy atom. The van der Waals surface area contributed by atoms with Gasteiger partial charge >= 0.3 is 0 Å². The van der Waals surface area contributed by atoms with Crippen LogP contribution in [0.25, 0.3) is 0 Å². The topological polar surface area (TPSA) is 41.5 Å². The van der Waals surface area contributed by atoms with Crippen LogP contribution in [0.4, 0.5) is 0 Å². The highest BCUT2D eigenvalue weighted by atomic mass is 79.9. The van der Waals surface area contributed by atoms with E-state index in [0.717, 1.165) is 22.7 Å². The van der Waals surface area contributed by atoms with Crippen LogP contribution in [0.15, 0.2) is 22.7 Å². The third-order valence-corrected chi connectivity index (χ3v) is 4.68. The van der Waals surface area contributed by atoms with Gasteiger partial charge in [0.1, 0.15) is 18.5 Å². The highest BCUT2D eigenvalue weighted by Crippen LogP contribution is 2.26. The molecule has 0 radical (unpaired) electrons. The monoisotopic (exact) mass is 355 g/mol. The quantitative estimate of drug-likeness (QED) is 0.783. The molecular formula is C17H26BrNO2. The van der Waals surface area contributed by atoms with Gasteiger partial charge in [-0.15, -0.1) is 0 Å². The van der Waals surface area contributed by atoms with E-state index in [-0.39, 0.29) is 0 Å². The Kier molecular flexibility index (Phi) is 7.00. The maximum absolute atomic E-state index is 9.98. The van der Waals surface area contributed by atoms with Crippen molar-refractivity contribution in [2.24, 2.45) is 5.92 Å². The van der Waals surface area contributed by atoms with Gasteiger partial charge in [0.2, 0.25) is 0 Å². The number of halogens is 1. The van der Waals surface area contributed by atoms with Gasteiger partial charge < -0.3 is 15.2 Å². The third kappa shape index (κ3) is 5.97. The van der Waals surface area contributed by atoms with Crippen molar-refractivity contribution in [3.05, 3.63) is 28.2 Å². The molecular weight excluding hydrogens is 330 g/mol. The van der Waals surface area contributed by atoms with Gasteiger partial charge in [0.05, 0.1) is 4.47 Å². The Balaban J connectivity index is 1.63. The van der Waals surface area contributed by atoms with Gasteiger partial charge in [0.25, 0.3) is 0 Å². The smallest absolute Gasteiger partial charge is 0.133 e. The molecule has 4 heteroatoms. The first kappa shape index (κ1) is 16.8. The van der Waals surface area contributed by atoms with Crippen LogP contribution in [-0.2, 0) is 0 Å². The largest absolute Gasteiger partial charge is 0.490 e. The first-order chi connectivity index (χ1) is 10.1. The van der Waals surface area contributed by atoms with Crippen molar-refractivity contribution in [3.8, 4) is 5.75 Å². The lowest BCUT2D eigenvalue weighted by Gasteiger charge is -2.22. The van der Waals surface area contributed by atoms with E-state index in [9.17, 15) is 5.11 Å². The first-order valence-corrected chi connectivity index (χ1v) is 8.72. The van der Waals surface area contributed by atoms with Gasteiger partial charge in [0.15, 0.2) is 0 Å². The molecule has 0 amide bonds. The van der Waals surface area contributed by atoms with E-state index in [0.29, 0.717) is 13.2 Å². The van der Waals surface area contributed by atoms with Crippen molar-refractivity contribution in [1.29, 1.82) is 0 Å². The Morgan fingerprint density at radius 2 is 2.10 bits per heavy atom. The van der Waals surface area contributed by atoms with Crippen LogP contribution in [-0.4, -0.2) is 30.9 Å². The molecule has 0 bridgehead atoms. The summed E-state index contributed by atoms with van der Waals surface area (Å²) in [7, 11) is 0. The van der Waals surface area contributed by atoms with E-state index in [1.54, 1.807) is 0 Å². The third-order valence-electron chi connectivity index (χ3n) is 4.06. The Hall–Kier alpha value is -0.580. The fourth-order valence-corrected chi connectivity index (χ4v) is 3.42. The molecule has 1 unspecified atom stereocenters. The van der Waals surface area contributed by atoms with E-state index in [1.807, 2.05) is 25.1 Å². The summed E-state index contributed by atoms with van der Waals surface area (Å²) in [5.74, 6) is 1.57. The van der Waals surface area contributed by atoms with Gasteiger partial charge in [-0.05, 0) is 65.9 Å². The summed E-state index contributed by atoms with van der Waals surface area (Å²) in [6.45, 7) is 3.98. The Labute approximate surface area is 136 Å². The molecule has 1 aliphatic rings. The molecule has 0 aromatic heterocycles. The molecule has 1 aromatic rings. The van der Waals surface area contributed by atoms with Gasteiger partial charge in [-0.25, -0.2) is 0 Å². The number of aryl methyl sites for hydroxylation is 1. The van der Waals surface area contributed by atoms with Crippen molar-refractivity contribution in [2.45, 2.75) is 45.1 Å². The van der Waals surface area contributed by atoms with Crippen molar-refractivity contribution < 1.29 is 9.84 Å². The van der Waals surface area contributed by atoms with Crippen molar-refractivity contribution in [3.63, 3.8) is 0 Å². The average molecular weight is 356 g/mol. The summed E-state index contributed by atoms with van der Waals surface area (Å²) in [5, 5.41) is 13.4. The zero-order valence-corrected chi connectivity index (χ0v) is 14.4. The molecule has 2 N–H and O–H groups in total. The number of ether oxygens (including phenoxy) is 1. The molecule has 3 nitrogen and oxygen atoms in total.